The molecular weight excluding hydrogens is 1850 g/mol. The van der Waals surface area contributed by atoms with Crippen molar-refractivity contribution in [1.29, 1.82) is 0 Å². The van der Waals surface area contributed by atoms with E-state index in [1.165, 1.54) is 29.1 Å². The van der Waals surface area contributed by atoms with Crippen LogP contribution in [0.1, 0.15) is 165 Å². The smallest absolute Gasteiger partial charge is 1.00 e. The molecule has 0 unspecified atom stereocenters. The van der Waals surface area contributed by atoms with Crippen molar-refractivity contribution in [2.75, 3.05) is 134 Å². The van der Waals surface area contributed by atoms with E-state index < -0.39 is 21.4 Å². The van der Waals surface area contributed by atoms with Crippen LogP contribution >= 0.6 is 23.5 Å². The number of carboxylic acids is 2. The quantitative estimate of drug-likeness (QED) is 0.0265. The zero-order valence-corrected chi connectivity index (χ0v) is 86.2. The van der Waals surface area contributed by atoms with Gasteiger partial charge in [-0.1, -0.05) is 86.6 Å². The van der Waals surface area contributed by atoms with E-state index >= 15 is 0 Å². The van der Waals surface area contributed by atoms with E-state index in [1.807, 2.05) is 182 Å². The number of aliphatic imine (C=N–C) groups is 3. The average molecular weight is 1970 g/mol. The standard InChI is InChI=1S/C56H62N4O9S.C55H59N5O9S.B.Na.H/c1-6-18-66-20-21-67-19-17-58(35-56(3,4)70-34-53(61)62)43-24-37(32-68-50-30-47-46(22-36(50)2)55(64)60-44(31-57-47)27-41-12-8-10-14-49(41)60)23-38(25-43)33-69-52-28-39-15-16-42-26-40-11-7-9-13-48(40)59(42)54(63)45(39)29-51(52)65-5;1-6-16-66-18-19-67-17-15-58(34-55(3,4)70-33-52(61)62)40-22-36(31-68-49-27-45-43(20-35(49)2)53(63)59-41(29-56-45)24-38-11-7-9-13-47(38)59)21-37(23-40)32-69-51-28-46-44(26-50(51)65-5)54(64)60-42(30-57-46)25-39-12-8-10-14-48(39)60;;;/h7-14,22-25,28-31,42,44H,6,15-21,26-27,32-35H2,1-5H3,(H,61,62);7-14,20-23,26-30,41-42H,6,15-19,24-25,31-34H2,1-5H3,(H,61,62);;;/q;;;+1;-1/t42-,44-;41-,42+;;;/m11.../s1. The second kappa shape index (κ2) is 47.0. The number of methoxy groups -OCH3 is 2. The number of thioether (sulfide) groups is 2. The summed E-state index contributed by atoms with van der Waals surface area (Å²) in [6.45, 7) is 23.1. The summed E-state index contributed by atoms with van der Waals surface area (Å²) in [5.41, 5.74) is 19.7. The first-order chi connectivity index (χ1) is 67.8. The van der Waals surface area contributed by atoms with Crippen LogP contribution in [0.5, 0.6) is 34.5 Å². The molecule has 0 aromatic heterocycles. The van der Waals surface area contributed by atoms with E-state index in [9.17, 15) is 39.0 Å². The predicted molar refractivity (Wildman–Crippen MR) is 558 cm³/mol. The number of anilines is 6. The topological polar surface area (TPSA) is 292 Å². The maximum Gasteiger partial charge on any atom is 1.00 e. The number of amides is 4. The van der Waals surface area contributed by atoms with Gasteiger partial charge in [0.15, 0.2) is 23.0 Å². The number of para-hydroxylation sites is 4. The van der Waals surface area contributed by atoms with E-state index in [4.69, 9.17) is 62.3 Å². The number of carbonyl (C=O) groups is 6. The SMILES string of the molecule is CCCOCCOCCN(CC(C)(C)SCC(=O)O)c1cc(COc2cc3c(cc2C)C(=O)N2c4ccccc4C[C@@H]2C=N3)cc(COc2cc3c(cc2OC)C(=O)N2c4ccccc4C[C@H]2C=N3)c1.CCCOCCOCCN(CC(C)(C)SCC(=O)O)c1cc(COc2cc3c(cc2C)C(=O)N2c4ccccc4C[C@@H]2C=N3)cc(COc2cc3c(cc2OC)C(=O)N2c4ccccc4C[C@H]2CC3)c1.[B].[H-].[Na+]. The summed E-state index contributed by atoms with van der Waals surface area (Å²) >= 11 is 2.77. The van der Waals surface area contributed by atoms with Crippen molar-refractivity contribution in [2.24, 2.45) is 15.0 Å². The summed E-state index contributed by atoms with van der Waals surface area (Å²) in [7, 11) is 3.14. The number of benzene rings is 10. The zero-order valence-electron chi connectivity index (χ0n) is 83.6. The zero-order chi connectivity index (χ0) is 97.9. The third kappa shape index (κ3) is 24.2. The van der Waals surface area contributed by atoms with Gasteiger partial charge in [-0.2, -0.15) is 0 Å². The molecule has 0 fully saturated rings. The predicted octanol–water partition coefficient (Wildman–Crippen LogP) is 16.1. The minimum atomic E-state index is -0.874. The largest absolute Gasteiger partial charge is 1.00 e. The molecule has 8 heterocycles. The number of hydrogen-bond acceptors (Lipinski definition) is 23. The van der Waals surface area contributed by atoms with Crippen molar-refractivity contribution in [1.82, 2.24) is 0 Å². The Morgan fingerprint density at radius 2 is 0.739 bits per heavy atom. The van der Waals surface area contributed by atoms with E-state index in [2.05, 4.69) is 86.0 Å². The van der Waals surface area contributed by atoms with Crippen molar-refractivity contribution in [3.63, 3.8) is 0 Å². The monoisotopic (exact) mass is 1970 g/mol. The number of aryl methyl sites for hydroxylation is 3. The van der Waals surface area contributed by atoms with Gasteiger partial charge in [0.2, 0.25) is 0 Å². The number of ether oxygens (including phenoxy) is 10. The van der Waals surface area contributed by atoms with E-state index in [1.54, 1.807) is 31.3 Å². The summed E-state index contributed by atoms with van der Waals surface area (Å²) in [5.74, 6) is 0.906. The van der Waals surface area contributed by atoms with Gasteiger partial charge in [0.05, 0.1) is 117 Å². The van der Waals surface area contributed by atoms with Gasteiger partial charge in [0, 0.05) is 159 Å². The Labute approximate surface area is 864 Å². The third-order valence-corrected chi connectivity index (χ3v) is 28.8. The van der Waals surface area contributed by atoms with Gasteiger partial charge in [-0.05, 0) is 226 Å². The van der Waals surface area contributed by atoms with E-state index in [-0.39, 0.29) is 125 Å². The number of fused-ring (bicyclic) bond motifs is 16. The molecule has 10 aromatic rings. The van der Waals surface area contributed by atoms with Crippen LogP contribution in [0.25, 0.3) is 0 Å². The number of carbonyl (C=O) groups excluding carboxylic acids is 4. The number of aliphatic carboxylic acids is 2. The fourth-order valence-corrected chi connectivity index (χ4v) is 21.0. The van der Waals surface area contributed by atoms with Crippen LogP contribution in [0.3, 0.4) is 0 Å². The molecule has 2 N–H and O–H groups in total. The molecule has 18 rings (SSSR count). The number of carboxylic acid groups (broad SMARTS) is 2. The number of hydrogen-bond donors (Lipinski definition) is 2. The Kier molecular flexibility index (Phi) is 34.6. The van der Waals surface area contributed by atoms with Crippen molar-refractivity contribution in [3.8, 4) is 34.5 Å². The average Bonchev–Trinajstić information content (AvgIpc) is 1.62. The van der Waals surface area contributed by atoms with Crippen LogP contribution < -0.4 is 87.4 Å². The first-order valence-corrected chi connectivity index (χ1v) is 50.1. The molecule has 10 aromatic carbocycles. The Morgan fingerprint density at radius 1 is 0.408 bits per heavy atom. The summed E-state index contributed by atoms with van der Waals surface area (Å²) in [5, 5.41) is 19.2. The van der Waals surface area contributed by atoms with Gasteiger partial charge < -0.3 is 73.7 Å². The van der Waals surface area contributed by atoms with Gasteiger partial charge in [-0.25, -0.2) is 0 Å². The van der Waals surface area contributed by atoms with Crippen LogP contribution in [0.4, 0.5) is 51.2 Å². The normalized spacial score (nSPS) is 16.3. The van der Waals surface area contributed by atoms with Crippen molar-refractivity contribution >= 4 is 137 Å². The van der Waals surface area contributed by atoms with Gasteiger partial charge in [0.25, 0.3) is 23.6 Å². The molecule has 0 spiro atoms. The summed E-state index contributed by atoms with van der Waals surface area (Å²) < 4.78 is 60.8. The minimum Gasteiger partial charge on any atom is -1.00 e. The Balaban J connectivity index is 0.000000222. The van der Waals surface area contributed by atoms with Crippen molar-refractivity contribution in [2.45, 2.75) is 167 Å². The molecule has 0 aliphatic carbocycles. The summed E-state index contributed by atoms with van der Waals surface area (Å²) in [6.07, 6.45) is 11.9. The van der Waals surface area contributed by atoms with E-state index in [0.717, 1.165) is 122 Å². The molecular formula is C111H122BN9NaO18S2. The van der Waals surface area contributed by atoms with Gasteiger partial charge in [-0.15, -0.1) is 23.5 Å². The fraction of sp³-hybridized carbons (Fsp3) is 0.378. The molecule has 31 heteroatoms. The van der Waals surface area contributed by atoms with Crippen molar-refractivity contribution < 1.29 is 117 Å². The third-order valence-electron chi connectivity index (χ3n) is 26.2. The summed E-state index contributed by atoms with van der Waals surface area (Å²) in [6, 6.07) is 58.8. The van der Waals surface area contributed by atoms with Crippen LogP contribution in [-0.2, 0) is 87.1 Å². The molecule has 4 atom stereocenters. The van der Waals surface area contributed by atoms with Gasteiger partial charge >= 0.3 is 41.5 Å². The maximum absolute atomic E-state index is 14.2. The van der Waals surface area contributed by atoms with Crippen LogP contribution in [0.15, 0.2) is 197 Å². The van der Waals surface area contributed by atoms with E-state index in [0.29, 0.717) is 172 Å². The molecule has 735 valence electrons. The molecule has 4 amide bonds. The van der Waals surface area contributed by atoms with Gasteiger partial charge in [-0.3, -0.25) is 58.4 Å². The molecule has 3 radical (unpaired) electrons. The molecule has 27 nitrogen and oxygen atoms in total. The number of nitrogens with zero attached hydrogens (tertiary/aromatic N) is 9. The fourth-order valence-electron chi connectivity index (χ4n) is 19.5. The van der Waals surface area contributed by atoms with Crippen LogP contribution in [0.2, 0.25) is 0 Å². The molecule has 0 saturated heterocycles. The summed E-state index contributed by atoms with van der Waals surface area (Å²) in [4.78, 5) is 106. The minimum absolute atomic E-state index is 0. The first-order valence-electron chi connectivity index (χ1n) is 48.1. The molecule has 8 aliphatic rings. The van der Waals surface area contributed by atoms with Crippen LogP contribution in [-0.4, -0.2) is 211 Å². The molecule has 142 heavy (non-hydrogen) atoms. The molecule has 0 saturated carbocycles. The second-order valence-electron chi connectivity index (χ2n) is 37.6. The van der Waals surface area contributed by atoms with Gasteiger partial charge in [0.1, 0.15) is 37.9 Å². The Hall–Kier alpha value is -12.0. The van der Waals surface area contributed by atoms with Crippen LogP contribution in [0, 0.1) is 13.8 Å². The number of rotatable bonds is 42. The Morgan fingerprint density at radius 3 is 1.12 bits per heavy atom. The first kappa shape index (κ1) is 104. The molecule has 0 bridgehead atoms. The van der Waals surface area contributed by atoms with Crippen molar-refractivity contribution in [3.05, 3.63) is 265 Å². The maximum atomic E-state index is 14.2. The Bertz CT molecular complexity index is 6420. The second-order valence-corrected chi connectivity index (χ2v) is 40.9. The molecule has 8 aliphatic heterocycles.